The second kappa shape index (κ2) is 5.87. The molecule has 1 saturated heterocycles. The summed E-state index contributed by atoms with van der Waals surface area (Å²) in [6.45, 7) is 6.31. The maximum Gasteiger partial charge on any atom is 0.0849 e. The maximum atomic E-state index is 6.06. The Morgan fingerprint density at radius 2 is 2.00 bits per heavy atom. The van der Waals surface area contributed by atoms with E-state index in [1.807, 2.05) is 0 Å². The number of ether oxygens (including phenoxy) is 1. The first kappa shape index (κ1) is 14.1. The van der Waals surface area contributed by atoms with Gasteiger partial charge in [-0.15, -0.1) is 0 Å². The van der Waals surface area contributed by atoms with Crippen LogP contribution in [0.5, 0.6) is 0 Å². The van der Waals surface area contributed by atoms with E-state index >= 15 is 0 Å². The molecule has 0 amide bonds. The Balaban J connectivity index is 1.79. The van der Waals surface area contributed by atoms with Crippen molar-refractivity contribution < 1.29 is 4.74 Å². The smallest absolute Gasteiger partial charge is 0.0849 e. The predicted octanol–water partition coefficient (Wildman–Crippen LogP) is 4.17. The van der Waals surface area contributed by atoms with E-state index in [1.165, 1.54) is 36.8 Å². The summed E-state index contributed by atoms with van der Waals surface area (Å²) in [4.78, 5) is 0. The van der Waals surface area contributed by atoms with Gasteiger partial charge in [0.2, 0.25) is 0 Å². The fraction of sp³-hybridized carbons (Fsp3) is 0.667. The molecule has 0 aromatic heterocycles. The number of rotatable bonds is 5. The quantitative estimate of drug-likeness (QED) is 0.869. The Morgan fingerprint density at radius 3 is 2.50 bits per heavy atom. The van der Waals surface area contributed by atoms with E-state index in [0.29, 0.717) is 6.04 Å². The number of hydrogen-bond acceptors (Lipinski definition) is 2. The third-order valence-corrected chi connectivity index (χ3v) is 5.11. The van der Waals surface area contributed by atoms with Crippen molar-refractivity contribution >= 4 is 0 Å². The van der Waals surface area contributed by atoms with Crippen molar-refractivity contribution in [3.63, 3.8) is 0 Å². The molecular weight excluding hydrogens is 246 g/mol. The van der Waals surface area contributed by atoms with Crippen molar-refractivity contribution in [2.45, 2.75) is 63.5 Å². The minimum atomic E-state index is -0.0476. The number of likely N-dealkylation sites (N-methyl/N-ethyl adjacent to an activating group) is 1. The molecule has 0 radical (unpaired) electrons. The van der Waals surface area contributed by atoms with Crippen LogP contribution in [0.4, 0.5) is 0 Å². The van der Waals surface area contributed by atoms with Gasteiger partial charge in [-0.3, -0.25) is 0 Å². The van der Waals surface area contributed by atoms with Gasteiger partial charge in [0.15, 0.2) is 0 Å². The molecule has 20 heavy (non-hydrogen) atoms. The van der Waals surface area contributed by atoms with Crippen LogP contribution in [0.15, 0.2) is 24.3 Å². The molecule has 0 bridgehead atoms. The van der Waals surface area contributed by atoms with Crippen LogP contribution >= 0.6 is 0 Å². The Kier molecular flexibility index (Phi) is 4.13. The van der Waals surface area contributed by atoms with Crippen LogP contribution in [0, 0.1) is 0 Å². The highest BCUT2D eigenvalue weighted by Crippen LogP contribution is 2.39. The van der Waals surface area contributed by atoms with E-state index in [-0.39, 0.29) is 5.60 Å². The molecule has 2 unspecified atom stereocenters. The summed E-state index contributed by atoms with van der Waals surface area (Å²) in [6, 6.07) is 9.61. The summed E-state index contributed by atoms with van der Waals surface area (Å²) in [5.74, 6) is 0.819. The second-order valence-electron chi connectivity index (χ2n) is 6.55. The molecule has 3 rings (SSSR count). The summed E-state index contributed by atoms with van der Waals surface area (Å²) in [5, 5.41) is 3.63. The van der Waals surface area contributed by atoms with Gasteiger partial charge in [-0.1, -0.05) is 37.6 Å². The minimum absolute atomic E-state index is 0.0476. The average molecular weight is 273 g/mol. The second-order valence-corrected chi connectivity index (χ2v) is 6.55. The maximum absolute atomic E-state index is 6.06. The fourth-order valence-electron chi connectivity index (χ4n) is 3.62. The SMILES string of the molecule is CCNC(c1ccc(C2CCC2)cc1)C1(C)CCCO1. The van der Waals surface area contributed by atoms with E-state index in [2.05, 4.69) is 43.4 Å². The molecule has 1 aromatic rings. The standard InChI is InChI=1S/C18H27NO/c1-3-19-17(18(2)12-5-13-20-18)16-10-8-15(9-11-16)14-6-4-7-14/h8-11,14,17,19H,3-7,12-13H2,1-2H3. The lowest BCUT2D eigenvalue weighted by molar-refractivity contribution is -0.0121. The van der Waals surface area contributed by atoms with Crippen LogP contribution in [-0.2, 0) is 4.74 Å². The van der Waals surface area contributed by atoms with Gasteiger partial charge in [-0.25, -0.2) is 0 Å². The van der Waals surface area contributed by atoms with E-state index in [4.69, 9.17) is 4.74 Å². The third-order valence-electron chi connectivity index (χ3n) is 5.11. The van der Waals surface area contributed by atoms with Crippen LogP contribution in [0.25, 0.3) is 0 Å². The highest BCUT2D eigenvalue weighted by Gasteiger charge is 2.38. The highest BCUT2D eigenvalue weighted by molar-refractivity contribution is 5.30. The first-order valence-electron chi connectivity index (χ1n) is 8.20. The molecule has 110 valence electrons. The van der Waals surface area contributed by atoms with Gasteiger partial charge in [0.1, 0.15) is 0 Å². The molecule has 1 N–H and O–H groups in total. The zero-order valence-corrected chi connectivity index (χ0v) is 12.8. The van der Waals surface area contributed by atoms with Crippen molar-refractivity contribution in [2.24, 2.45) is 0 Å². The Labute approximate surface area is 122 Å². The lowest BCUT2D eigenvalue weighted by atomic mass is 9.79. The highest BCUT2D eigenvalue weighted by atomic mass is 16.5. The molecule has 1 aliphatic carbocycles. The van der Waals surface area contributed by atoms with Crippen LogP contribution < -0.4 is 5.32 Å². The Morgan fingerprint density at radius 1 is 1.25 bits per heavy atom. The summed E-state index contributed by atoms with van der Waals surface area (Å²) in [5.41, 5.74) is 2.85. The normalized spacial score (nSPS) is 28.3. The molecule has 1 aromatic carbocycles. The Hall–Kier alpha value is -0.860. The summed E-state index contributed by atoms with van der Waals surface area (Å²) >= 11 is 0. The first-order valence-corrected chi connectivity index (χ1v) is 8.20. The fourth-order valence-corrected chi connectivity index (χ4v) is 3.62. The van der Waals surface area contributed by atoms with Gasteiger partial charge in [-0.05, 0) is 56.2 Å². The Bertz CT molecular complexity index is 429. The van der Waals surface area contributed by atoms with Crippen LogP contribution in [0.1, 0.15) is 69.0 Å². The molecule has 2 fully saturated rings. The van der Waals surface area contributed by atoms with E-state index in [0.717, 1.165) is 25.5 Å². The van der Waals surface area contributed by atoms with Gasteiger partial charge >= 0.3 is 0 Å². The molecule has 0 spiro atoms. The number of nitrogens with one attached hydrogen (secondary N) is 1. The molecule has 2 atom stereocenters. The average Bonchev–Trinajstić information content (AvgIpc) is 2.83. The van der Waals surface area contributed by atoms with Crippen LogP contribution in [0.2, 0.25) is 0 Å². The molecular formula is C18H27NO. The van der Waals surface area contributed by atoms with Crippen LogP contribution in [0.3, 0.4) is 0 Å². The largest absolute Gasteiger partial charge is 0.373 e. The lowest BCUT2D eigenvalue weighted by Crippen LogP contribution is -2.41. The molecule has 1 aliphatic heterocycles. The predicted molar refractivity (Wildman–Crippen MR) is 83.0 cm³/mol. The first-order chi connectivity index (χ1) is 9.73. The van der Waals surface area contributed by atoms with Crippen molar-refractivity contribution in [2.75, 3.05) is 13.2 Å². The minimum Gasteiger partial charge on any atom is -0.373 e. The summed E-state index contributed by atoms with van der Waals surface area (Å²) in [6.07, 6.45) is 6.47. The third kappa shape index (κ3) is 2.64. The zero-order chi connectivity index (χ0) is 14.0. The molecule has 1 saturated carbocycles. The molecule has 2 aliphatic rings. The van der Waals surface area contributed by atoms with E-state index < -0.39 is 0 Å². The van der Waals surface area contributed by atoms with Crippen molar-refractivity contribution in [1.82, 2.24) is 5.32 Å². The van der Waals surface area contributed by atoms with Crippen molar-refractivity contribution in [3.8, 4) is 0 Å². The van der Waals surface area contributed by atoms with Gasteiger partial charge < -0.3 is 10.1 Å². The summed E-state index contributed by atoms with van der Waals surface area (Å²) in [7, 11) is 0. The van der Waals surface area contributed by atoms with Crippen molar-refractivity contribution in [3.05, 3.63) is 35.4 Å². The van der Waals surface area contributed by atoms with Crippen LogP contribution in [-0.4, -0.2) is 18.8 Å². The van der Waals surface area contributed by atoms with Gasteiger partial charge in [0.25, 0.3) is 0 Å². The summed E-state index contributed by atoms with van der Waals surface area (Å²) < 4.78 is 6.06. The molecule has 2 heteroatoms. The van der Waals surface area contributed by atoms with E-state index in [1.54, 1.807) is 0 Å². The molecule has 1 heterocycles. The van der Waals surface area contributed by atoms with Gasteiger partial charge in [0.05, 0.1) is 11.6 Å². The van der Waals surface area contributed by atoms with Gasteiger partial charge in [-0.2, -0.15) is 0 Å². The number of hydrogen-bond donors (Lipinski definition) is 1. The monoisotopic (exact) mass is 273 g/mol. The van der Waals surface area contributed by atoms with Gasteiger partial charge in [0, 0.05) is 6.61 Å². The van der Waals surface area contributed by atoms with E-state index in [9.17, 15) is 0 Å². The zero-order valence-electron chi connectivity index (χ0n) is 12.8. The molecule has 2 nitrogen and oxygen atoms in total. The van der Waals surface area contributed by atoms with Crippen molar-refractivity contribution in [1.29, 1.82) is 0 Å². The lowest BCUT2D eigenvalue weighted by Gasteiger charge is -2.35. The number of benzene rings is 1. The topological polar surface area (TPSA) is 21.3 Å².